The molecule has 0 bridgehead atoms. The normalized spacial score (nSPS) is 10.3. The first-order chi connectivity index (χ1) is 8.69. The van der Waals surface area contributed by atoms with Crippen molar-refractivity contribution < 1.29 is 14.6 Å². The predicted octanol–water partition coefficient (Wildman–Crippen LogP) is 2.10. The molecule has 0 aliphatic rings. The highest BCUT2D eigenvalue weighted by Gasteiger charge is 2.07. The minimum absolute atomic E-state index is 0.107. The summed E-state index contributed by atoms with van der Waals surface area (Å²) in [7, 11) is 0. The Labute approximate surface area is 104 Å². The summed E-state index contributed by atoms with van der Waals surface area (Å²) >= 11 is 0. The molecule has 0 saturated carbocycles. The molecule has 5 heteroatoms. The summed E-state index contributed by atoms with van der Waals surface area (Å²) < 4.78 is 5.35. The van der Waals surface area contributed by atoms with E-state index in [1.807, 2.05) is 31.2 Å². The lowest BCUT2D eigenvalue weighted by molar-refractivity contribution is 0.0691. The maximum Gasteiger partial charge on any atom is 0.353 e. The Kier molecular flexibility index (Phi) is 3.62. The molecule has 1 aromatic heterocycles. The fraction of sp³-hybridized carbons (Fsp3) is 0.231. The Balaban J connectivity index is 2.06. The maximum atomic E-state index is 10.7. The molecule has 0 spiro atoms. The Morgan fingerprint density at radius 2 is 2.11 bits per heavy atom. The number of benzene rings is 1. The fourth-order valence-electron chi connectivity index (χ4n) is 1.62. The second kappa shape index (κ2) is 5.35. The average molecular weight is 246 g/mol. The number of ether oxygens (including phenoxy) is 1. The van der Waals surface area contributed by atoms with Gasteiger partial charge >= 0.3 is 5.97 Å². The van der Waals surface area contributed by atoms with Gasteiger partial charge in [0.2, 0.25) is 0 Å². The van der Waals surface area contributed by atoms with Gasteiger partial charge in [0.05, 0.1) is 12.8 Å². The van der Waals surface area contributed by atoms with E-state index in [2.05, 4.69) is 9.97 Å². The highest BCUT2D eigenvalue weighted by molar-refractivity contribution is 5.85. The van der Waals surface area contributed by atoms with E-state index in [-0.39, 0.29) is 5.69 Å². The molecule has 0 unspecified atom stereocenters. The van der Waals surface area contributed by atoms with E-state index in [4.69, 9.17) is 9.84 Å². The van der Waals surface area contributed by atoms with Crippen molar-refractivity contribution >= 4 is 5.97 Å². The number of H-pyrrole nitrogens is 1. The second-order valence-corrected chi connectivity index (χ2v) is 3.80. The first kappa shape index (κ1) is 12.2. The largest absolute Gasteiger partial charge is 0.494 e. The maximum absolute atomic E-state index is 10.7. The number of hydrogen-bond donors (Lipinski definition) is 2. The minimum atomic E-state index is -1.000. The van der Waals surface area contributed by atoms with Crippen LogP contribution in [0.2, 0.25) is 0 Å². The zero-order valence-corrected chi connectivity index (χ0v) is 10.0. The number of nitrogens with zero attached hydrogens (tertiary/aromatic N) is 1. The molecule has 0 aliphatic carbocycles. The monoisotopic (exact) mass is 246 g/mol. The van der Waals surface area contributed by atoms with Gasteiger partial charge in [-0.25, -0.2) is 9.78 Å². The van der Waals surface area contributed by atoms with Crippen molar-refractivity contribution in [3.63, 3.8) is 0 Å². The molecule has 2 N–H and O–H groups in total. The number of imidazole rings is 1. The van der Waals surface area contributed by atoms with Crippen LogP contribution in [0.3, 0.4) is 0 Å². The quantitative estimate of drug-likeness (QED) is 0.847. The lowest BCUT2D eigenvalue weighted by atomic mass is 10.1. The number of aromatic nitrogens is 2. The second-order valence-electron chi connectivity index (χ2n) is 3.80. The molecule has 5 nitrogen and oxygen atoms in total. The summed E-state index contributed by atoms with van der Waals surface area (Å²) in [5.74, 6) is 0.462. The standard InChI is InChI=1S/C13H14N2O3/c1-2-18-10-5-3-9(4-6-10)7-12-14-8-11(15-12)13(16)17/h3-6,8H,2,7H2,1H3,(H,14,15)(H,16,17). The summed E-state index contributed by atoms with van der Waals surface area (Å²) in [6.07, 6.45) is 1.89. The van der Waals surface area contributed by atoms with Crippen molar-refractivity contribution in [2.45, 2.75) is 13.3 Å². The van der Waals surface area contributed by atoms with Crippen LogP contribution in [0.1, 0.15) is 28.8 Å². The third-order valence-corrected chi connectivity index (χ3v) is 2.46. The van der Waals surface area contributed by atoms with E-state index in [9.17, 15) is 4.79 Å². The molecule has 2 aromatic rings. The van der Waals surface area contributed by atoms with Gasteiger partial charge in [-0.15, -0.1) is 0 Å². The van der Waals surface area contributed by atoms with Crippen molar-refractivity contribution in [1.82, 2.24) is 9.97 Å². The van der Waals surface area contributed by atoms with Gasteiger partial charge in [0.15, 0.2) is 0 Å². The first-order valence-electron chi connectivity index (χ1n) is 5.68. The first-order valence-corrected chi connectivity index (χ1v) is 5.68. The minimum Gasteiger partial charge on any atom is -0.494 e. The summed E-state index contributed by atoms with van der Waals surface area (Å²) in [5.41, 5.74) is 1.15. The lowest BCUT2D eigenvalue weighted by Gasteiger charge is -2.03. The van der Waals surface area contributed by atoms with Crippen LogP contribution < -0.4 is 4.74 Å². The molecular weight excluding hydrogens is 232 g/mol. The van der Waals surface area contributed by atoms with Crippen LogP contribution in [-0.4, -0.2) is 27.7 Å². The van der Waals surface area contributed by atoms with Crippen LogP contribution in [0.25, 0.3) is 0 Å². The Bertz CT molecular complexity index is 531. The van der Waals surface area contributed by atoms with E-state index < -0.39 is 5.97 Å². The molecule has 1 heterocycles. The zero-order chi connectivity index (χ0) is 13.0. The lowest BCUT2D eigenvalue weighted by Crippen LogP contribution is -1.97. The molecule has 94 valence electrons. The van der Waals surface area contributed by atoms with E-state index in [0.717, 1.165) is 11.3 Å². The number of hydrogen-bond acceptors (Lipinski definition) is 3. The summed E-state index contributed by atoms with van der Waals surface area (Å²) in [5, 5.41) is 8.77. The van der Waals surface area contributed by atoms with Crippen LogP contribution in [0.4, 0.5) is 0 Å². The SMILES string of the molecule is CCOc1ccc(Cc2ncc(C(=O)O)[nH]2)cc1. The Morgan fingerprint density at radius 3 is 2.67 bits per heavy atom. The average Bonchev–Trinajstić information content (AvgIpc) is 2.81. The molecule has 1 aromatic carbocycles. The Hall–Kier alpha value is -2.30. The Morgan fingerprint density at radius 1 is 1.39 bits per heavy atom. The van der Waals surface area contributed by atoms with Gasteiger partial charge in [-0.1, -0.05) is 12.1 Å². The number of aromatic amines is 1. The van der Waals surface area contributed by atoms with E-state index in [1.54, 1.807) is 0 Å². The third-order valence-electron chi connectivity index (χ3n) is 2.46. The van der Waals surface area contributed by atoms with E-state index in [1.165, 1.54) is 6.20 Å². The summed E-state index contributed by atoms with van der Waals surface area (Å²) in [4.78, 5) is 17.5. The smallest absolute Gasteiger partial charge is 0.353 e. The van der Waals surface area contributed by atoms with Crippen molar-refractivity contribution in [1.29, 1.82) is 0 Å². The van der Waals surface area contributed by atoms with Crippen LogP contribution in [-0.2, 0) is 6.42 Å². The summed E-state index contributed by atoms with van der Waals surface area (Å²) in [6.45, 7) is 2.57. The number of rotatable bonds is 5. The van der Waals surface area contributed by atoms with Gasteiger partial charge in [-0.2, -0.15) is 0 Å². The van der Waals surface area contributed by atoms with Crippen molar-refractivity contribution in [2.75, 3.05) is 6.61 Å². The summed E-state index contributed by atoms with van der Waals surface area (Å²) in [6, 6.07) is 7.65. The number of nitrogens with one attached hydrogen (secondary N) is 1. The molecule has 0 saturated heterocycles. The van der Waals surface area contributed by atoms with Crippen molar-refractivity contribution in [3.05, 3.63) is 47.5 Å². The number of carboxylic acid groups (broad SMARTS) is 1. The number of aromatic carboxylic acids is 1. The van der Waals surface area contributed by atoms with Gasteiger partial charge in [-0.3, -0.25) is 0 Å². The highest BCUT2D eigenvalue weighted by Crippen LogP contribution is 2.14. The number of carboxylic acids is 1. The number of carbonyl (C=O) groups is 1. The van der Waals surface area contributed by atoms with E-state index in [0.29, 0.717) is 18.9 Å². The molecule has 0 fully saturated rings. The predicted molar refractivity (Wildman–Crippen MR) is 66.0 cm³/mol. The van der Waals surface area contributed by atoms with Gasteiger partial charge < -0.3 is 14.8 Å². The van der Waals surface area contributed by atoms with Gasteiger partial charge in [0, 0.05) is 6.42 Å². The van der Waals surface area contributed by atoms with Crippen molar-refractivity contribution in [3.8, 4) is 5.75 Å². The molecule has 0 radical (unpaired) electrons. The fourth-order valence-corrected chi connectivity index (χ4v) is 1.62. The zero-order valence-electron chi connectivity index (χ0n) is 10.0. The topological polar surface area (TPSA) is 75.2 Å². The highest BCUT2D eigenvalue weighted by atomic mass is 16.5. The van der Waals surface area contributed by atoms with Crippen LogP contribution in [0, 0.1) is 0 Å². The van der Waals surface area contributed by atoms with E-state index >= 15 is 0 Å². The van der Waals surface area contributed by atoms with Crippen LogP contribution >= 0.6 is 0 Å². The molecule has 0 aliphatic heterocycles. The van der Waals surface area contributed by atoms with Crippen LogP contribution in [0.15, 0.2) is 30.5 Å². The van der Waals surface area contributed by atoms with Crippen LogP contribution in [0.5, 0.6) is 5.75 Å². The molecular formula is C13H14N2O3. The van der Waals surface area contributed by atoms with Gasteiger partial charge in [0.25, 0.3) is 0 Å². The van der Waals surface area contributed by atoms with Gasteiger partial charge in [0.1, 0.15) is 17.3 Å². The molecule has 0 atom stereocenters. The third kappa shape index (κ3) is 2.88. The molecule has 0 amide bonds. The molecule has 2 rings (SSSR count). The van der Waals surface area contributed by atoms with Crippen molar-refractivity contribution in [2.24, 2.45) is 0 Å². The molecule has 18 heavy (non-hydrogen) atoms. The van der Waals surface area contributed by atoms with Gasteiger partial charge in [-0.05, 0) is 24.6 Å².